The lowest BCUT2D eigenvalue weighted by molar-refractivity contribution is -0.203. The van der Waals surface area contributed by atoms with Crippen molar-refractivity contribution in [1.82, 2.24) is 20.6 Å². The first-order valence-corrected chi connectivity index (χ1v) is 7.59. The van der Waals surface area contributed by atoms with Crippen LogP contribution in [-0.4, -0.2) is 40.9 Å². The first kappa shape index (κ1) is 19.9. The number of carbonyl (C=O) groups excluding carboxylic acids is 2. The van der Waals surface area contributed by atoms with E-state index in [0.29, 0.717) is 5.56 Å². The summed E-state index contributed by atoms with van der Waals surface area (Å²) in [6.45, 7) is -0.0520. The molecule has 2 amide bonds. The second-order valence-corrected chi connectivity index (χ2v) is 5.23. The standard InChI is InChI=1S/C16H16F3N5O3/c1-27-12(25)15(16(17,18)19,23-13-20-8-5-9-21-13)24-14(26)22-10-11-6-3-2-4-7-11/h2-9H,10H2,1H3,(H,20,21,23)(H2,22,24,26). The largest absolute Gasteiger partial charge is 0.466 e. The normalized spacial score (nSPS) is 13.2. The Balaban J connectivity index is 2.25. The Morgan fingerprint density at radius 1 is 1.07 bits per heavy atom. The molecule has 0 bridgehead atoms. The number of aromatic nitrogens is 2. The van der Waals surface area contributed by atoms with Gasteiger partial charge in [-0.05, 0) is 11.6 Å². The summed E-state index contributed by atoms with van der Waals surface area (Å²) in [6, 6.07) is 8.64. The van der Waals surface area contributed by atoms with Crippen LogP contribution < -0.4 is 16.0 Å². The lowest BCUT2D eigenvalue weighted by Crippen LogP contribution is -2.70. The number of hydrogen-bond acceptors (Lipinski definition) is 6. The van der Waals surface area contributed by atoms with Gasteiger partial charge in [-0.1, -0.05) is 30.3 Å². The molecule has 11 heteroatoms. The molecule has 1 aromatic carbocycles. The van der Waals surface area contributed by atoms with Crippen LogP contribution in [0.15, 0.2) is 48.8 Å². The van der Waals surface area contributed by atoms with Crippen LogP contribution in [0.25, 0.3) is 0 Å². The van der Waals surface area contributed by atoms with Gasteiger partial charge in [0, 0.05) is 18.9 Å². The molecule has 2 aromatic rings. The lowest BCUT2D eigenvalue weighted by Gasteiger charge is -2.34. The van der Waals surface area contributed by atoms with Gasteiger partial charge in [0.05, 0.1) is 7.11 Å². The van der Waals surface area contributed by atoms with Gasteiger partial charge in [-0.15, -0.1) is 0 Å². The van der Waals surface area contributed by atoms with Gasteiger partial charge in [-0.2, -0.15) is 13.2 Å². The van der Waals surface area contributed by atoms with Crippen LogP contribution in [0, 0.1) is 0 Å². The number of methoxy groups -OCH3 is 1. The fourth-order valence-corrected chi connectivity index (χ4v) is 2.07. The quantitative estimate of drug-likeness (QED) is 0.519. The Hall–Kier alpha value is -3.37. The molecule has 144 valence electrons. The van der Waals surface area contributed by atoms with E-state index in [1.165, 1.54) is 18.5 Å². The molecule has 0 saturated carbocycles. The van der Waals surface area contributed by atoms with Crippen LogP contribution >= 0.6 is 0 Å². The third-order valence-corrected chi connectivity index (χ3v) is 3.38. The third-order valence-electron chi connectivity index (χ3n) is 3.38. The van der Waals surface area contributed by atoms with Crippen LogP contribution in [-0.2, 0) is 16.1 Å². The van der Waals surface area contributed by atoms with Gasteiger partial charge in [-0.25, -0.2) is 19.6 Å². The molecule has 0 aliphatic heterocycles. The molecule has 1 aromatic heterocycles. The van der Waals surface area contributed by atoms with Crippen molar-refractivity contribution in [3.8, 4) is 0 Å². The Morgan fingerprint density at radius 2 is 1.70 bits per heavy atom. The Kier molecular flexibility index (Phi) is 6.16. The second kappa shape index (κ2) is 8.34. The summed E-state index contributed by atoms with van der Waals surface area (Å²) in [4.78, 5) is 31.3. The van der Waals surface area contributed by atoms with Gasteiger partial charge in [-0.3, -0.25) is 5.32 Å². The highest BCUT2D eigenvalue weighted by Crippen LogP contribution is 2.32. The molecule has 0 aliphatic carbocycles. The number of rotatable bonds is 6. The van der Waals surface area contributed by atoms with Gasteiger partial charge in [0.1, 0.15) is 0 Å². The van der Waals surface area contributed by atoms with Gasteiger partial charge < -0.3 is 15.4 Å². The van der Waals surface area contributed by atoms with Crippen molar-refractivity contribution in [1.29, 1.82) is 0 Å². The van der Waals surface area contributed by atoms with Gasteiger partial charge in [0.15, 0.2) is 0 Å². The third kappa shape index (κ3) is 4.84. The molecule has 2 rings (SSSR count). The van der Waals surface area contributed by atoms with Crippen molar-refractivity contribution < 1.29 is 27.5 Å². The summed E-state index contributed by atoms with van der Waals surface area (Å²) in [5.74, 6) is -2.30. The average molecular weight is 383 g/mol. The molecule has 27 heavy (non-hydrogen) atoms. The van der Waals surface area contributed by atoms with Crippen molar-refractivity contribution in [3.05, 3.63) is 54.4 Å². The molecule has 1 atom stereocenters. The number of urea groups is 1. The number of anilines is 1. The summed E-state index contributed by atoms with van der Waals surface area (Å²) in [5.41, 5.74) is -2.92. The van der Waals surface area contributed by atoms with E-state index in [4.69, 9.17) is 0 Å². The molecule has 0 radical (unpaired) electrons. The number of amides is 2. The maximum absolute atomic E-state index is 13.8. The first-order chi connectivity index (χ1) is 12.8. The fourth-order valence-electron chi connectivity index (χ4n) is 2.07. The number of carbonyl (C=O) groups is 2. The number of esters is 1. The SMILES string of the molecule is COC(=O)C(NC(=O)NCc1ccccc1)(Nc1ncccn1)C(F)(F)F. The molecular formula is C16H16F3N5O3. The van der Waals surface area contributed by atoms with E-state index in [1.807, 2.05) is 5.32 Å². The zero-order chi connectivity index (χ0) is 19.9. The maximum atomic E-state index is 13.8. The minimum atomic E-state index is -5.26. The molecule has 1 unspecified atom stereocenters. The van der Waals surface area contributed by atoms with Crippen molar-refractivity contribution in [2.45, 2.75) is 18.4 Å². The predicted molar refractivity (Wildman–Crippen MR) is 88.3 cm³/mol. The summed E-state index contributed by atoms with van der Waals surface area (Å²) in [6.07, 6.45) is -2.92. The Labute approximate surface area is 152 Å². The zero-order valence-corrected chi connectivity index (χ0v) is 14.1. The van der Waals surface area contributed by atoms with Crippen LogP contribution in [0.1, 0.15) is 5.56 Å². The van der Waals surface area contributed by atoms with Crippen molar-refractivity contribution in [2.24, 2.45) is 0 Å². The van der Waals surface area contributed by atoms with E-state index in [0.717, 1.165) is 7.11 Å². The highest BCUT2D eigenvalue weighted by Gasteiger charge is 2.64. The monoisotopic (exact) mass is 383 g/mol. The van der Waals surface area contributed by atoms with Crippen molar-refractivity contribution >= 4 is 17.9 Å². The van der Waals surface area contributed by atoms with E-state index in [2.05, 4.69) is 20.0 Å². The molecule has 1 heterocycles. The summed E-state index contributed by atoms with van der Waals surface area (Å²) >= 11 is 0. The number of halogens is 3. The maximum Gasteiger partial charge on any atom is 0.442 e. The Morgan fingerprint density at radius 3 is 2.26 bits per heavy atom. The van der Waals surface area contributed by atoms with Crippen LogP contribution in [0.5, 0.6) is 0 Å². The minimum absolute atomic E-state index is 0.0520. The second-order valence-electron chi connectivity index (χ2n) is 5.23. The number of hydrogen-bond donors (Lipinski definition) is 3. The topological polar surface area (TPSA) is 105 Å². The highest BCUT2D eigenvalue weighted by molar-refractivity contribution is 5.90. The number of benzene rings is 1. The highest BCUT2D eigenvalue weighted by atomic mass is 19.4. The molecule has 0 aliphatic rings. The fraction of sp³-hybridized carbons (Fsp3) is 0.250. The Bertz CT molecular complexity index is 774. The summed E-state index contributed by atoms with van der Waals surface area (Å²) < 4.78 is 45.5. The predicted octanol–water partition coefficient (Wildman–Crippen LogP) is 1.82. The average Bonchev–Trinajstić information content (AvgIpc) is 2.66. The van der Waals surface area contributed by atoms with Crippen molar-refractivity contribution in [2.75, 3.05) is 12.4 Å². The van der Waals surface area contributed by atoms with E-state index >= 15 is 0 Å². The van der Waals surface area contributed by atoms with E-state index in [1.54, 1.807) is 35.6 Å². The van der Waals surface area contributed by atoms with E-state index < -0.39 is 29.8 Å². The number of nitrogens with zero attached hydrogens (tertiary/aromatic N) is 2. The number of nitrogens with one attached hydrogen (secondary N) is 3. The molecule has 3 N–H and O–H groups in total. The molecule has 0 fully saturated rings. The smallest absolute Gasteiger partial charge is 0.442 e. The van der Waals surface area contributed by atoms with Gasteiger partial charge >= 0.3 is 23.8 Å². The lowest BCUT2D eigenvalue weighted by atomic mass is 10.1. The first-order valence-electron chi connectivity index (χ1n) is 7.59. The van der Waals surface area contributed by atoms with Gasteiger partial charge in [0.25, 0.3) is 0 Å². The molecular weight excluding hydrogens is 367 g/mol. The summed E-state index contributed by atoms with van der Waals surface area (Å²) in [7, 11) is 0.764. The summed E-state index contributed by atoms with van der Waals surface area (Å²) in [5, 5.41) is 5.67. The van der Waals surface area contributed by atoms with Crippen molar-refractivity contribution in [3.63, 3.8) is 0 Å². The molecule has 8 nitrogen and oxygen atoms in total. The van der Waals surface area contributed by atoms with E-state index in [-0.39, 0.29) is 6.54 Å². The van der Waals surface area contributed by atoms with Gasteiger partial charge in [0.2, 0.25) is 5.95 Å². The van der Waals surface area contributed by atoms with E-state index in [9.17, 15) is 22.8 Å². The number of ether oxygens (including phenoxy) is 1. The number of alkyl halides is 3. The van der Waals surface area contributed by atoms with Crippen LogP contribution in [0.2, 0.25) is 0 Å². The zero-order valence-electron chi connectivity index (χ0n) is 14.1. The van der Waals surface area contributed by atoms with Crippen LogP contribution in [0.4, 0.5) is 23.9 Å². The minimum Gasteiger partial charge on any atom is -0.466 e. The molecule has 0 spiro atoms. The van der Waals surface area contributed by atoms with Crippen LogP contribution in [0.3, 0.4) is 0 Å². The molecule has 0 saturated heterocycles.